The van der Waals surface area contributed by atoms with Crippen LogP contribution >= 0.6 is 22.6 Å². The van der Waals surface area contributed by atoms with Crippen LogP contribution in [0.15, 0.2) is 30.5 Å². The number of anilines is 1. The molecule has 8 heteroatoms. The highest BCUT2D eigenvalue weighted by Crippen LogP contribution is 2.40. The average molecular weight is 411 g/mol. The van der Waals surface area contributed by atoms with Crippen molar-refractivity contribution in [3.05, 3.63) is 55.4 Å². The maximum absolute atomic E-state index is 12.4. The third kappa shape index (κ3) is 2.15. The lowest BCUT2D eigenvalue weighted by Gasteiger charge is -2.04. The van der Waals surface area contributed by atoms with Crippen LogP contribution in [-0.2, 0) is 4.79 Å². The summed E-state index contributed by atoms with van der Waals surface area (Å²) in [5.41, 5.74) is 1.68. The predicted octanol–water partition coefficient (Wildman–Crippen LogP) is 2.71. The van der Waals surface area contributed by atoms with Gasteiger partial charge in [-0.1, -0.05) is 6.07 Å². The minimum Gasteiger partial charge on any atom is -0.495 e. The number of nitro groups is 1. The Kier molecular flexibility index (Phi) is 3.61. The van der Waals surface area contributed by atoms with Crippen LogP contribution in [0.25, 0.3) is 11.6 Å². The van der Waals surface area contributed by atoms with E-state index in [1.807, 2.05) is 0 Å². The second-order valence-corrected chi connectivity index (χ2v) is 5.67. The Morgan fingerprint density at radius 1 is 1.41 bits per heavy atom. The number of nitrogens with zero attached hydrogens (tertiary/aromatic N) is 2. The molecule has 112 valence electrons. The van der Waals surface area contributed by atoms with E-state index in [4.69, 9.17) is 4.74 Å². The Balaban J connectivity index is 2.22. The normalized spacial score (nSPS) is 15.3. The smallest absolute Gasteiger partial charge is 0.320 e. The molecule has 1 aromatic heterocycles. The number of benzene rings is 1. The molecule has 0 saturated carbocycles. The number of hydrazine groups is 1. The molecule has 22 heavy (non-hydrogen) atoms. The largest absolute Gasteiger partial charge is 0.495 e. The molecule has 1 aliphatic heterocycles. The highest BCUT2D eigenvalue weighted by Gasteiger charge is 2.41. The fourth-order valence-electron chi connectivity index (χ4n) is 2.39. The summed E-state index contributed by atoms with van der Waals surface area (Å²) in [6.07, 6.45) is 3.25. The van der Waals surface area contributed by atoms with Crippen molar-refractivity contribution in [3.63, 3.8) is 0 Å². The molecule has 2 aromatic rings. The summed E-state index contributed by atoms with van der Waals surface area (Å²) in [6.45, 7) is 0. The summed E-state index contributed by atoms with van der Waals surface area (Å²) in [6, 6.07) is 6.76. The van der Waals surface area contributed by atoms with Crippen LogP contribution in [0.2, 0.25) is 0 Å². The number of hydrogen-bond acceptors (Lipinski definition) is 4. The van der Waals surface area contributed by atoms with E-state index in [1.54, 1.807) is 36.5 Å². The second kappa shape index (κ2) is 5.44. The molecule has 1 aliphatic rings. The average Bonchev–Trinajstić information content (AvgIpc) is 3.03. The number of rotatable bonds is 3. The number of hydrogen-bond donors (Lipinski definition) is 1. The van der Waals surface area contributed by atoms with E-state index < -0.39 is 10.9 Å². The molecule has 0 unspecified atom stereocenters. The molecule has 1 aromatic carbocycles. The molecule has 0 fully saturated rings. The Labute approximate surface area is 138 Å². The SMILES string of the molecule is COc1cc[nH]c1C=C1C(=O)N([N+](=O)[O-])c2cccc(I)c21. The molecular formula is C14H10IN3O4. The van der Waals surface area contributed by atoms with Crippen molar-refractivity contribution in [1.29, 1.82) is 0 Å². The number of amides is 1. The van der Waals surface area contributed by atoms with Gasteiger partial charge in [0.05, 0.1) is 18.4 Å². The Hall–Kier alpha value is -2.36. The van der Waals surface area contributed by atoms with Gasteiger partial charge in [0.15, 0.2) is 5.03 Å². The van der Waals surface area contributed by atoms with Crippen molar-refractivity contribution in [2.24, 2.45) is 0 Å². The quantitative estimate of drug-likeness (QED) is 0.364. The van der Waals surface area contributed by atoms with E-state index in [0.29, 0.717) is 22.0 Å². The van der Waals surface area contributed by atoms with Gasteiger partial charge in [0, 0.05) is 15.3 Å². The monoisotopic (exact) mass is 411 g/mol. The van der Waals surface area contributed by atoms with E-state index in [-0.39, 0.29) is 11.3 Å². The van der Waals surface area contributed by atoms with Crippen LogP contribution in [0, 0.1) is 13.7 Å². The number of H-pyrrole nitrogens is 1. The highest BCUT2D eigenvalue weighted by atomic mass is 127. The number of carbonyl (C=O) groups is 1. The minimum absolute atomic E-state index is 0.262. The van der Waals surface area contributed by atoms with Crippen molar-refractivity contribution in [3.8, 4) is 5.75 Å². The minimum atomic E-state index is -0.704. The molecule has 1 amide bonds. The standard InChI is InChI=1S/C14H10IN3O4/c1-22-12-5-6-16-10(12)7-8-13-9(15)3-2-4-11(13)17(14(8)19)18(20)21/h2-7,16H,1H3. The van der Waals surface area contributed by atoms with Gasteiger partial charge in [-0.2, -0.15) is 0 Å². The molecule has 2 heterocycles. The first kappa shape index (κ1) is 14.6. The summed E-state index contributed by atoms with van der Waals surface area (Å²) < 4.78 is 5.95. The maximum Gasteiger partial charge on any atom is 0.320 e. The lowest BCUT2D eigenvalue weighted by Crippen LogP contribution is -2.32. The third-order valence-electron chi connectivity index (χ3n) is 3.32. The van der Waals surface area contributed by atoms with Crippen LogP contribution in [0.5, 0.6) is 5.75 Å². The van der Waals surface area contributed by atoms with Crippen LogP contribution in [0.4, 0.5) is 5.69 Å². The number of carbonyl (C=O) groups excluding carboxylic acids is 1. The molecule has 0 spiro atoms. The van der Waals surface area contributed by atoms with E-state index in [0.717, 1.165) is 3.57 Å². The number of fused-ring (bicyclic) bond motifs is 1. The Bertz CT molecular complexity index is 812. The summed E-state index contributed by atoms with van der Waals surface area (Å²) >= 11 is 2.06. The zero-order valence-electron chi connectivity index (χ0n) is 11.4. The lowest BCUT2D eigenvalue weighted by atomic mass is 10.1. The summed E-state index contributed by atoms with van der Waals surface area (Å²) in [4.78, 5) is 26.6. The summed E-state index contributed by atoms with van der Waals surface area (Å²) in [5, 5.41) is 11.1. The predicted molar refractivity (Wildman–Crippen MR) is 88.9 cm³/mol. The molecule has 0 bridgehead atoms. The van der Waals surface area contributed by atoms with Crippen molar-refractivity contribution < 1.29 is 14.6 Å². The van der Waals surface area contributed by atoms with Gasteiger partial charge in [-0.05, 0) is 51.9 Å². The zero-order chi connectivity index (χ0) is 15.9. The number of methoxy groups -OCH3 is 1. The van der Waals surface area contributed by atoms with Gasteiger partial charge >= 0.3 is 5.91 Å². The van der Waals surface area contributed by atoms with Crippen LogP contribution < -0.4 is 9.75 Å². The highest BCUT2D eigenvalue weighted by molar-refractivity contribution is 14.1. The van der Waals surface area contributed by atoms with Crippen LogP contribution in [0.3, 0.4) is 0 Å². The van der Waals surface area contributed by atoms with Gasteiger partial charge in [-0.15, -0.1) is 0 Å². The number of halogens is 1. The summed E-state index contributed by atoms with van der Waals surface area (Å²) in [7, 11) is 1.52. The summed E-state index contributed by atoms with van der Waals surface area (Å²) in [5.74, 6) is -0.104. The van der Waals surface area contributed by atoms with Gasteiger partial charge in [0.1, 0.15) is 11.4 Å². The first-order valence-corrected chi connectivity index (χ1v) is 7.33. The van der Waals surface area contributed by atoms with Crippen LogP contribution in [0.1, 0.15) is 11.3 Å². The molecule has 1 N–H and O–H groups in total. The zero-order valence-corrected chi connectivity index (χ0v) is 13.5. The lowest BCUT2D eigenvalue weighted by molar-refractivity contribution is -0.482. The Morgan fingerprint density at radius 2 is 2.18 bits per heavy atom. The Morgan fingerprint density at radius 3 is 2.86 bits per heavy atom. The molecule has 0 atom stereocenters. The van der Waals surface area contributed by atoms with Crippen molar-refractivity contribution in [2.75, 3.05) is 12.1 Å². The number of aromatic amines is 1. The van der Waals surface area contributed by atoms with Crippen molar-refractivity contribution in [2.45, 2.75) is 0 Å². The second-order valence-electron chi connectivity index (χ2n) is 4.51. The molecular weight excluding hydrogens is 401 g/mol. The van der Waals surface area contributed by atoms with Gasteiger partial charge in [-0.25, -0.2) is 10.1 Å². The van der Waals surface area contributed by atoms with Gasteiger partial charge < -0.3 is 9.72 Å². The molecule has 0 saturated heterocycles. The van der Waals surface area contributed by atoms with E-state index in [2.05, 4.69) is 27.6 Å². The fourth-order valence-corrected chi connectivity index (χ4v) is 3.16. The van der Waals surface area contributed by atoms with E-state index >= 15 is 0 Å². The van der Waals surface area contributed by atoms with Crippen LogP contribution in [-0.4, -0.2) is 23.0 Å². The molecule has 0 aliphatic carbocycles. The van der Waals surface area contributed by atoms with E-state index in [9.17, 15) is 14.9 Å². The van der Waals surface area contributed by atoms with Gasteiger partial charge in [-0.3, -0.25) is 4.79 Å². The fraction of sp³-hybridized carbons (Fsp3) is 0.0714. The third-order valence-corrected chi connectivity index (χ3v) is 4.22. The van der Waals surface area contributed by atoms with Crippen molar-refractivity contribution >= 4 is 45.8 Å². The number of nitrogens with one attached hydrogen (secondary N) is 1. The first-order valence-electron chi connectivity index (χ1n) is 6.25. The molecule has 0 radical (unpaired) electrons. The molecule has 3 rings (SSSR count). The topological polar surface area (TPSA) is 88.5 Å². The molecule has 7 nitrogen and oxygen atoms in total. The van der Waals surface area contributed by atoms with Gasteiger partial charge in [0.2, 0.25) is 0 Å². The maximum atomic E-state index is 12.4. The first-order chi connectivity index (χ1) is 10.5. The van der Waals surface area contributed by atoms with Crippen molar-refractivity contribution in [1.82, 2.24) is 4.98 Å². The van der Waals surface area contributed by atoms with Gasteiger partial charge in [0.25, 0.3) is 0 Å². The van der Waals surface area contributed by atoms with E-state index in [1.165, 1.54) is 7.11 Å². The number of ether oxygens (including phenoxy) is 1. The number of aromatic nitrogens is 1.